The van der Waals surface area contributed by atoms with Gasteiger partial charge >= 0.3 is 0 Å². The number of hydrogen-bond acceptors (Lipinski definition) is 2. The molecule has 0 bridgehead atoms. The molecule has 20 heavy (non-hydrogen) atoms. The van der Waals surface area contributed by atoms with Crippen LogP contribution >= 0.6 is 15.9 Å². The monoisotopic (exact) mass is 338 g/mol. The molecule has 0 spiro atoms. The van der Waals surface area contributed by atoms with Gasteiger partial charge in [0.2, 0.25) is 0 Å². The van der Waals surface area contributed by atoms with Gasteiger partial charge in [0.1, 0.15) is 0 Å². The van der Waals surface area contributed by atoms with Crippen LogP contribution in [-0.4, -0.2) is 24.0 Å². The van der Waals surface area contributed by atoms with Gasteiger partial charge in [-0.3, -0.25) is 4.90 Å². The van der Waals surface area contributed by atoms with E-state index in [1.54, 1.807) is 0 Å². The number of nitrogens with two attached hydrogens (primary N) is 1. The fourth-order valence-corrected chi connectivity index (χ4v) is 3.74. The van der Waals surface area contributed by atoms with E-state index in [1.165, 1.54) is 37.9 Å². The van der Waals surface area contributed by atoms with E-state index in [0.29, 0.717) is 6.04 Å². The van der Waals surface area contributed by atoms with Crippen LogP contribution in [0.3, 0.4) is 0 Å². The van der Waals surface area contributed by atoms with Crippen molar-refractivity contribution in [2.75, 3.05) is 13.1 Å². The Morgan fingerprint density at radius 2 is 2.20 bits per heavy atom. The van der Waals surface area contributed by atoms with Crippen molar-refractivity contribution in [2.24, 2.45) is 11.7 Å². The molecule has 1 heterocycles. The van der Waals surface area contributed by atoms with Gasteiger partial charge in [-0.05, 0) is 49.4 Å². The smallest absolute Gasteiger partial charge is 0.0499 e. The molecule has 0 saturated carbocycles. The zero-order valence-electron chi connectivity index (χ0n) is 12.7. The zero-order chi connectivity index (χ0) is 14.5. The Hall–Kier alpha value is -0.380. The van der Waals surface area contributed by atoms with Crippen molar-refractivity contribution < 1.29 is 0 Å². The van der Waals surface area contributed by atoms with Gasteiger partial charge in [-0.2, -0.15) is 0 Å². The van der Waals surface area contributed by atoms with E-state index in [9.17, 15) is 0 Å². The van der Waals surface area contributed by atoms with Crippen molar-refractivity contribution >= 4 is 15.9 Å². The summed E-state index contributed by atoms with van der Waals surface area (Å²) in [6.07, 6.45) is 4.98. The Labute approximate surface area is 131 Å². The molecule has 112 valence electrons. The normalized spacial score (nSPS) is 23.5. The molecule has 1 aliphatic rings. The maximum atomic E-state index is 6.46. The summed E-state index contributed by atoms with van der Waals surface area (Å²) in [5.74, 6) is 0.836. The van der Waals surface area contributed by atoms with E-state index >= 15 is 0 Å². The first-order chi connectivity index (χ1) is 9.65. The average molecular weight is 339 g/mol. The van der Waals surface area contributed by atoms with Crippen LogP contribution in [0.15, 0.2) is 28.7 Å². The third kappa shape index (κ3) is 3.84. The van der Waals surface area contributed by atoms with Crippen molar-refractivity contribution in [1.29, 1.82) is 0 Å². The summed E-state index contributed by atoms with van der Waals surface area (Å²) in [4.78, 5) is 2.62. The summed E-state index contributed by atoms with van der Waals surface area (Å²) in [7, 11) is 0. The molecule has 1 aromatic carbocycles. The number of halogens is 1. The molecule has 1 saturated heterocycles. The van der Waals surface area contributed by atoms with Gasteiger partial charge in [-0.15, -0.1) is 0 Å². The largest absolute Gasteiger partial charge is 0.326 e. The van der Waals surface area contributed by atoms with Gasteiger partial charge in [0, 0.05) is 23.1 Å². The highest BCUT2D eigenvalue weighted by Crippen LogP contribution is 2.31. The quantitative estimate of drug-likeness (QED) is 0.864. The lowest BCUT2D eigenvalue weighted by Gasteiger charge is -2.41. The van der Waals surface area contributed by atoms with Crippen LogP contribution in [0.25, 0.3) is 0 Å². The van der Waals surface area contributed by atoms with Gasteiger partial charge < -0.3 is 5.73 Å². The van der Waals surface area contributed by atoms with Crippen LogP contribution in [-0.2, 0) is 0 Å². The van der Waals surface area contributed by atoms with Gasteiger partial charge in [0.25, 0.3) is 0 Å². The fraction of sp³-hybridized carbons (Fsp3) is 0.647. The molecule has 0 radical (unpaired) electrons. The van der Waals surface area contributed by atoms with Gasteiger partial charge in [-0.25, -0.2) is 0 Å². The number of piperidine rings is 1. The van der Waals surface area contributed by atoms with Crippen LogP contribution in [0.1, 0.15) is 51.1 Å². The minimum absolute atomic E-state index is 0.208. The van der Waals surface area contributed by atoms with Crippen LogP contribution < -0.4 is 5.73 Å². The fourth-order valence-electron chi connectivity index (χ4n) is 3.33. The third-order valence-electron chi connectivity index (χ3n) is 4.59. The first kappa shape index (κ1) is 16.0. The second kappa shape index (κ2) is 7.58. The summed E-state index contributed by atoms with van der Waals surface area (Å²) in [5.41, 5.74) is 7.81. The van der Waals surface area contributed by atoms with Crippen LogP contribution in [0, 0.1) is 5.92 Å². The lowest BCUT2D eigenvalue weighted by molar-refractivity contribution is 0.104. The summed E-state index contributed by atoms with van der Waals surface area (Å²) >= 11 is 3.59. The lowest BCUT2D eigenvalue weighted by Crippen LogP contribution is -2.45. The summed E-state index contributed by atoms with van der Waals surface area (Å²) in [6, 6.07) is 9.22. The number of likely N-dealkylation sites (tertiary alicyclic amines) is 1. The number of benzene rings is 1. The highest BCUT2D eigenvalue weighted by molar-refractivity contribution is 9.10. The molecule has 2 nitrogen and oxygen atoms in total. The van der Waals surface area contributed by atoms with E-state index in [0.717, 1.165) is 16.8 Å². The molecule has 3 unspecified atom stereocenters. The Kier molecular flexibility index (Phi) is 6.06. The van der Waals surface area contributed by atoms with Crippen molar-refractivity contribution in [1.82, 2.24) is 4.90 Å². The molecule has 0 amide bonds. The van der Waals surface area contributed by atoms with E-state index in [4.69, 9.17) is 5.73 Å². The molecular weight excluding hydrogens is 312 g/mol. The maximum absolute atomic E-state index is 6.46. The highest BCUT2D eigenvalue weighted by atomic mass is 79.9. The minimum atomic E-state index is 0.208. The van der Waals surface area contributed by atoms with Gasteiger partial charge in [-0.1, -0.05) is 48.3 Å². The molecule has 0 aromatic heterocycles. The Morgan fingerprint density at radius 1 is 1.40 bits per heavy atom. The van der Waals surface area contributed by atoms with Crippen molar-refractivity contribution in [2.45, 2.75) is 51.6 Å². The Balaban J connectivity index is 2.23. The van der Waals surface area contributed by atoms with E-state index in [1.807, 2.05) is 0 Å². The predicted molar refractivity (Wildman–Crippen MR) is 89.7 cm³/mol. The second-order valence-corrected chi connectivity index (χ2v) is 6.90. The molecule has 1 fully saturated rings. The SMILES string of the molecule is CCC1CCCN(C(c2cccc(Br)c2)C(N)CC)C1. The molecular formula is C17H27BrN2. The average Bonchev–Trinajstić information content (AvgIpc) is 2.47. The standard InChI is InChI=1S/C17H27BrN2/c1-3-13-7-6-10-20(12-13)17(16(19)4-2)14-8-5-9-15(18)11-14/h5,8-9,11,13,16-17H,3-4,6-7,10,12,19H2,1-2H3. The highest BCUT2D eigenvalue weighted by Gasteiger charge is 2.29. The van der Waals surface area contributed by atoms with E-state index < -0.39 is 0 Å². The molecule has 1 aliphatic heterocycles. The van der Waals surface area contributed by atoms with Crippen LogP contribution in [0.2, 0.25) is 0 Å². The number of hydrogen-bond donors (Lipinski definition) is 1. The second-order valence-electron chi connectivity index (χ2n) is 5.98. The van der Waals surface area contributed by atoms with E-state index in [2.05, 4.69) is 58.9 Å². The molecule has 3 atom stereocenters. The molecule has 2 rings (SSSR count). The van der Waals surface area contributed by atoms with Crippen molar-refractivity contribution in [3.8, 4) is 0 Å². The zero-order valence-corrected chi connectivity index (χ0v) is 14.3. The predicted octanol–water partition coefficient (Wildman–Crippen LogP) is 4.35. The maximum Gasteiger partial charge on any atom is 0.0499 e. The summed E-state index contributed by atoms with van der Waals surface area (Å²) < 4.78 is 1.15. The number of rotatable bonds is 5. The third-order valence-corrected chi connectivity index (χ3v) is 5.08. The van der Waals surface area contributed by atoms with Crippen LogP contribution in [0.5, 0.6) is 0 Å². The Morgan fingerprint density at radius 3 is 2.85 bits per heavy atom. The van der Waals surface area contributed by atoms with Gasteiger partial charge in [0.05, 0.1) is 0 Å². The minimum Gasteiger partial charge on any atom is -0.326 e. The first-order valence-electron chi connectivity index (χ1n) is 7.90. The summed E-state index contributed by atoms with van der Waals surface area (Å²) in [6.45, 7) is 6.88. The van der Waals surface area contributed by atoms with Crippen molar-refractivity contribution in [3.63, 3.8) is 0 Å². The molecule has 2 N–H and O–H groups in total. The Bertz CT molecular complexity index is 421. The lowest BCUT2D eigenvalue weighted by atomic mass is 9.90. The van der Waals surface area contributed by atoms with E-state index in [-0.39, 0.29) is 6.04 Å². The number of nitrogens with zero attached hydrogens (tertiary/aromatic N) is 1. The molecule has 3 heteroatoms. The summed E-state index contributed by atoms with van der Waals surface area (Å²) in [5, 5.41) is 0. The molecule has 0 aliphatic carbocycles. The van der Waals surface area contributed by atoms with Gasteiger partial charge in [0.15, 0.2) is 0 Å². The topological polar surface area (TPSA) is 29.3 Å². The van der Waals surface area contributed by atoms with Crippen molar-refractivity contribution in [3.05, 3.63) is 34.3 Å². The molecule has 1 aromatic rings. The first-order valence-corrected chi connectivity index (χ1v) is 8.70. The van der Waals surface area contributed by atoms with Crippen LogP contribution in [0.4, 0.5) is 0 Å².